The predicted octanol–water partition coefficient (Wildman–Crippen LogP) is 3.74. The molecule has 0 saturated heterocycles. The summed E-state index contributed by atoms with van der Waals surface area (Å²) in [4.78, 5) is 28.0. The topological polar surface area (TPSA) is 49.4 Å². The summed E-state index contributed by atoms with van der Waals surface area (Å²) in [7, 11) is 1.80. The molecule has 5 heteroatoms. The Labute approximate surface area is 154 Å². The average Bonchev–Trinajstić information content (AvgIpc) is 3.05. The van der Waals surface area contributed by atoms with Crippen LogP contribution in [0.25, 0.3) is 0 Å². The molecule has 0 aromatic carbocycles. The second-order valence-corrected chi connectivity index (χ2v) is 9.60. The fourth-order valence-electron chi connectivity index (χ4n) is 5.80. The smallest absolute Gasteiger partial charge is 0.232 e. The van der Waals surface area contributed by atoms with Crippen LogP contribution in [0.15, 0.2) is 17.5 Å². The summed E-state index contributed by atoms with van der Waals surface area (Å²) in [6.07, 6.45) is 7.41. The summed E-state index contributed by atoms with van der Waals surface area (Å²) in [5.74, 6) is 2.21. The monoisotopic (exact) mass is 360 g/mol. The summed E-state index contributed by atoms with van der Waals surface area (Å²) >= 11 is 1.65. The molecule has 0 spiro atoms. The Hall–Kier alpha value is -1.36. The first kappa shape index (κ1) is 17.1. The van der Waals surface area contributed by atoms with E-state index < -0.39 is 0 Å². The number of amides is 2. The molecular weight excluding hydrogens is 332 g/mol. The van der Waals surface area contributed by atoms with Gasteiger partial charge in [0.15, 0.2) is 0 Å². The van der Waals surface area contributed by atoms with Gasteiger partial charge in [-0.15, -0.1) is 11.3 Å². The summed E-state index contributed by atoms with van der Waals surface area (Å²) in [6, 6.07) is 4.04. The molecule has 1 heterocycles. The third-order valence-corrected chi connectivity index (χ3v) is 7.73. The number of hydrogen-bond acceptors (Lipinski definition) is 3. The fraction of sp³-hybridized carbons (Fsp3) is 0.700. The van der Waals surface area contributed by atoms with Crippen molar-refractivity contribution in [2.45, 2.75) is 63.5 Å². The van der Waals surface area contributed by atoms with E-state index in [1.54, 1.807) is 23.3 Å². The van der Waals surface area contributed by atoms with Crippen molar-refractivity contribution in [2.75, 3.05) is 7.05 Å². The molecule has 0 aliphatic heterocycles. The van der Waals surface area contributed by atoms with Crippen LogP contribution >= 0.6 is 11.3 Å². The Bertz CT molecular complexity index is 619. The van der Waals surface area contributed by atoms with Crippen LogP contribution in [0.3, 0.4) is 0 Å². The van der Waals surface area contributed by atoms with Gasteiger partial charge >= 0.3 is 0 Å². The predicted molar refractivity (Wildman–Crippen MR) is 99.2 cm³/mol. The highest BCUT2D eigenvalue weighted by Crippen LogP contribution is 2.55. The maximum Gasteiger partial charge on any atom is 0.232 e. The lowest BCUT2D eigenvalue weighted by molar-refractivity contribution is -0.138. The van der Waals surface area contributed by atoms with E-state index in [4.69, 9.17) is 0 Å². The molecule has 1 atom stereocenters. The average molecular weight is 361 g/mol. The Kier molecular flexibility index (Phi) is 4.38. The Morgan fingerprint density at radius 3 is 2.36 bits per heavy atom. The molecule has 136 valence electrons. The van der Waals surface area contributed by atoms with Crippen LogP contribution in [0.1, 0.15) is 62.8 Å². The van der Waals surface area contributed by atoms with Crippen LogP contribution < -0.4 is 5.32 Å². The van der Waals surface area contributed by atoms with Crippen molar-refractivity contribution in [3.63, 3.8) is 0 Å². The normalized spacial score (nSPS) is 33.9. The van der Waals surface area contributed by atoms with Crippen LogP contribution in [0.5, 0.6) is 0 Å². The zero-order valence-electron chi connectivity index (χ0n) is 15.2. The first-order chi connectivity index (χ1) is 11.9. The molecule has 4 nitrogen and oxygen atoms in total. The SMILES string of the molecule is C[C@@H](c1cccs1)N(C)C(=O)CC(=O)NC12CC3CC(CC(C3)C1)C2. The van der Waals surface area contributed by atoms with E-state index >= 15 is 0 Å². The van der Waals surface area contributed by atoms with Crippen LogP contribution in [-0.2, 0) is 9.59 Å². The molecular formula is C20H28N2O2S. The minimum Gasteiger partial charge on any atom is -0.350 e. The molecule has 0 unspecified atom stereocenters. The zero-order valence-corrected chi connectivity index (χ0v) is 16.0. The largest absolute Gasteiger partial charge is 0.350 e. The van der Waals surface area contributed by atoms with Crippen molar-refractivity contribution in [3.8, 4) is 0 Å². The molecule has 2 amide bonds. The van der Waals surface area contributed by atoms with E-state index in [9.17, 15) is 9.59 Å². The first-order valence-electron chi connectivity index (χ1n) is 9.54. The number of hydrogen-bond donors (Lipinski definition) is 1. The van der Waals surface area contributed by atoms with E-state index in [0.29, 0.717) is 0 Å². The van der Waals surface area contributed by atoms with Gasteiger partial charge in [-0.05, 0) is 74.6 Å². The molecule has 25 heavy (non-hydrogen) atoms. The summed E-state index contributed by atoms with van der Waals surface area (Å²) in [5.41, 5.74) is -0.00987. The number of carbonyl (C=O) groups excluding carboxylic acids is 2. The van der Waals surface area contributed by atoms with E-state index in [1.165, 1.54) is 19.3 Å². The van der Waals surface area contributed by atoms with Gasteiger partial charge in [0.2, 0.25) is 11.8 Å². The quantitative estimate of drug-likeness (QED) is 0.813. The van der Waals surface area contributed by atoms with Crippen molar-refractivity contribution in [3.05, 3.63) is 22.4 Å². The van der Waals surface area contributed by atoms with Gasteiger partial charge in [-0.25, -0.2) is 0 Å². The van der Waals surface area contributed by atoms with E-state index in [1.807, 2.05) is 24.4 Å². The van der Waals surface area contributed by atoms with Crippen molar-refractivity contribution in [1.29, 1.82) is 0 Å². The third-order valence-electron chi connectivity index (χ3n) is 6.68. The molecule has 1 N–H and O–H groups in total. The van der Waals surface area contributed by atoms with E-state index in [0.717, 1.165) is 41.9 Å². The molecule has 4 saturated carbocycles. The van der Waals surface area contributed by atoms with Crippen molar-refractivity contribution in [1.82, 2.24) is 10.2 Å². The van der Waals surface area contributed by atoms with Crippen LogP contribution in [-0.4, -0.2) is 29.3 Å². The Morgan fingerprint density at radius 2 is 1.84 bits per heavy atom. The number of carbonyl (C=O) groups is 2. The van der Waals surface area contributed by atoms with Gasteiger partial charge in [-0.1, -0.05) is 6.07 Å². The molecule has 4 fully saturated rings. The number of nitrogens with one attached hydrogen (secondary N) is 1. The Balaban J connectivity index is 1.35. The summed E-state index contributed by atoms with van der Waals surface area (Å²) in [5, 5.41) is 5.32. The second kappa shape index (κ2) is 6.42. The van der Waals surface area contributed by atoms with Crippen molar-refractivity contribution in [2.24, 2.45) is 17.8 Å². The number of rotatable bonds is 5. The van der Waals surface area contributed by atoms with Gasteiger partial charge in [0.1, 0.15) is 6.42 Å². The Morgan fingerprint density at radius 1 is 1.24 bits per heavy atom. The van der Waals surface area contributed by atoms with Gasteiger partial charge in [0.05, 0.1) is 6.04 Å². The highest BCUT2D eigenvalue weighted by Gasteiger charge is 2.51. The van der Waals surface area contributed by atoms with Crippen LogP contribution in [0, 0.1) is 17.8 Å². The highest BCUT2D eigenvalue weighted by atomic mass is 32.1. The maximum absolute atomic E-state index is 12.6. The molecule has 4 aliphatic carbocycles. The van der Waals surface area contributed by atoms with Crippen LogP contribution in [0.2, 0.25) is 0 Å². The van der Waals surface area contributed by atoms with E-state index in [-0.39, 0.29) is 29.8 Å². The third kappa shape index (κ3) is 3.35. The van der Waals surface area contributed by atoms with Crippen molar-refractivity contribution < 1.29 is 9.59 Å². The molecule has 5 rings (SSSR count). The summed E-state index contributed by atoms with van der Waals surface area (Å²) < 4.78 is 0. The van der Waals surface area contributed by atoms with Gasteiger partial charge in [-0.2, -0.15) is 0 Å². The lowest BCUT2D eigenvalue weighted by atomic mass is 9.53. The second-order valence-electron chi connectivity index (χ2n) is 8.62. The highest BCUT2D eigenvalue weighted by molar-refractivity contribution is 7.10. The van der Waals surface area contributed by atoms with Gasteiger partial charge < -0.3 is 10.2 Å². The fourth-order valence-corrected chi connectivity index (χ4v) is 6.63. The molecule has 1 aromatic rings. The minimum absolute atomic E-state index is 0.00987. The lowest BCUT2D eigenvalue weighted by Crippen LogP contribution is -2.60. The minimum atomic E-state index is -0.0943. The first-order valence-corrected chi connectivity index (χ1v) is 10.4. The number of nitrogens with zero attached hydrogens (tertiary/aromatic N) is 1. The standard InChI is InChI=1S/C20H28N2O2S/c1-13(17-4-3-5-25-17)22(2)19(24)9-18(23)21-20-10-14-6-15(11-20)8-16(7-14)12-20/h3-5,13-16H,6-12H2,1-2H3,(H,21,23)/t13-,14?,15?,16?,20?/m0/s1. The molecule has 4 bridgehead atoms. The maximum atomic E-state index is 12.6. The molecule has 4 aliphatic rings. The van der Waals surface area contributed by atoms with E-state index in [2.05, 4.69) is 5.32 Å². The van der Waals surface area contributed by atoms with Crippen LogP contribution in [0.4, 0.5) is 0 Å². The van der Waals surface area contributed by atoms with Gasteiger partial charge in [-0.3, -0.25) is 9.59 Å². The number of thiophene rings is 1. The molecule has 1 aromatic heterocycles. The van der Waals surface area contributed by atoms with Gasteiger partial charge in [0.25, 0.3) is 0 Å². The zero-order chi connectivity index (χ0) is 17.6. The summed E-state index contributed by atoms with van der Waals surface area (Å²) in [6.45, 7) is 2.01. The molecule has 0 radical (unpaired) electrons. The van der Waals surface area contributed by atoms with Crippen molar-refractivity contribution >= 4 is 23.2 Å². The van der Waals surface area contributed by atoms with Gasteiger partial charge in [0, 0.05) is 17.5 Å². The lowest BCUT2D eigenvalue weighted by Gasteiger charge is -2.56.